The first kappa shape index (κ1) is 9.44. The van der Waals surface area contributed by atoms with Gasteiger partial charge in [0.15, 0.2) is 0 Å². The van der Waals surface area contributed by atoms with Crippen molar-refractivity contribution < 1.29 is 9.84 Å². The Kier molecular flexibility index (Phi) is 3.19. The molecule has 1 saturated heterocycles. The molecular weight excluding hydrogens is 166 g/mol. The van der Waals surface area contributed by atoms with E-state index < -0.39 is 0 Å². The molecule has 1 aliphatic heterocycles. The lowest BCUT2D eigenvalue weighted by molar-refractivity contribution is -0.0181. The van der Waals surface area contributed by atoms with Crippen molar-refractivity contribution in [2.45, 2.75) is 37.8 Å². The summed E-state index contributed by atoms with van der Waals surface area (Å²) < 4.78 is 5.12. The minimum absolute atomic E-state index is 0.339. The van der Waals surface area contributed by atoms with Crippen molar-refractivity contribution in [3.05, 3.63) is 0 Å². The summed E-state index contributed by atoms with van der Waals surface area (Å²) in [6.45, 7) is 2.05. The van der Waals surface area contributed by atoms with E-state index in [2.05, 4.69) is 5.32 Å². The van der Waals surface area contributed by atoms with Crippen molar-refractivity contribution in [2.75, 3.05) is 19.8 Å². The zero-order valence-corrected chi connectivity index (χ0v) is 8.04. The second kappa shape index (κ2) is 4.40. The molecule has 2 rings (SSSR count). The SMILES string of the molecule is OCC1CCCCC1NC1COC1. The molecule has 2 atom stereocenters. The molecule has 0 aromatic rings. The van der Waals surface area contributed by atoms with Crippen LogP contribution in [0.2, 0.25) is 0 Å². The van der Waals surface area contributed by atoms with E-state index in [4.69, 9.17) is 4.74 Å². The van der Waals surface area contributed by atoms with E-state index in [0.29, 0.717) is 24.6 Å². The summed E-state index contributed by atoms with van der Waals surface area (Å²) in [7, 11) is 0. The van der Waals surface area contributed by atoms with E-state index in [0.717, 1.165) is 13.2 Å². The Balaban J connectivity index is 1.79. The first-order valence-electron chi connectivity index (χ1n) is 5.35. The fourth-order valence-corrected chi connectivity index (χ4v) is 2.28. The molecule has 1 saturated carbocycles. The van der Waals surface area contributed by atoms with Crippen LogP contribution < -0.4 is 5.32 Å². The maximum absolute atomic E-state index is 9.19. The van der Waals surface area contributed by atoms with E-state index >= 15 is 0 Å². The van der Waals surface area contributed by atoms with E-state index in [9.17, 15) is 5.11 Å². The molecule has 76 valence electrons. The number of ether oxygens (including phenoxy) is 1. The predicted octanol–water partition coefficient (Wildman–Crippen LogP) is 0.526. The van der Waals surface area contributed by atoms with Gasteiger partial charge in [0.05, 0.1) is 19.3 Å². The molecule has 0 radical (unpaired) electrons. The third-order valence-electron chi connectivity index (χ3n) is 3.23. The lowest BCUT2D eigenvalue weighted by atomic mass is 9.84. The number of aliphatic hydroxyl groups is 1. The average molecular weight is 185 g/mol. The molecule has 0 amide bonds. The Bertz CT molecular complexity index is 159. The van der Waals surface area contributed by atoms with Crippen LogP contribution in [0.25, 0.3) is 0 Å². The molecule has 3 heteroatoms. The van der Waals surface area contributed by atoms with Crippen molar-refractivity contribution in [2.24, 2.45) is 5.92 Å². The first-order chi connectivity index (χ1) is 6.40. The monoisotopic (exact) mass is 185 g/mol. The Labute approximate surface area is 79.5 Å². The smallest absolute Gasteiger partial charge is 0.0643 e. The lowest BCUT2D eigenvalue weighted by Crippen LogP contribution is -2.53. The van der Waals surface area contributed by atoms with Crippen molar-refractivity contribution in [1.29, 1.82) is 0 Å². The fourth-order valence-electron chi connectivity index (χ4n) is 2.28. The van der Waals surface area contributed by atoms with Gasteiger partial charge < -0.3 is 15.2 Å². The molecule has 2 N–H and O–H groups in total. The normalized spacial score (nSPS) is 35.8. The van der Waals surface area contributed by atoms with E-state index in [1.807, 2.05) is 0 Å². The third kappa shape index (κ3) is 2.22. The van der Waals surface area contributed by atoms with Crippen molar-refractivity contribution in [3.8, 4) is 0 Å². The molecule has 13 heavy (non-hydrogen) atoms. The van der Waals surface area contributed by atoms with Gasteiger partial charge >= 0.3 is 0 Å². The summed E-state index contributed by atoms with van der Waals surface area (Å²) in [5, 5.41) is 12.8. The minimum Gasteiger partial charge on any atom is -0.396 e. The number of rotatable bonds is 3. The lowest BCUT2D eigenvalue weighted by Gasteiger charge is -2.37. The van der Waals surface area contributed by atoms with Crippen LogP contribution in [0, 0.1) is 5.92 Å². The zero-order chi connectivity index (χ0) is 9.10. The van der Waals surface area contributed by atoms with Crippen LogP contribution in [-0.4, -0.2) is 37.0 Å². The summed E-state index contributed by atoms with van der Waals surface area (Å²) in [4.78, 5) is 0. The van der Waals surface area contributed by atoms with Crippen LogP contribution in [0.5, 0.6) is 0 Å². The molecule has 2 unspecified atom stereocenters. The Morgan fingerprint density at radius 3 is 2.62 bits per heavy atom. The second-order valence-electron chi connectivity index (χ2n) is 4.23. The molecule has 0 aromatic carbocycles. The maximum atomic E-state index is 9.19. The second-order valence-corrected chi connectivity index (χ2v) is 4.23. The molecule has 1 aliphatic carbocycles. The largest absolute Gasteiger partial charge is 0.396 e. The van der Waals surface area contributed by atoms with Gasteiger partial charge in [0.25, 0.3) is 0 Å². The van der Waals surface area contributed by atoms with Gasteiger partial charge in [0.2, 0.25) is 0 Å². The van der Waals surface area contributed by atoms with Crippen LogP contribution in [0.15, 0.2) is 0 Å². The topological polar surface area (TPSA) is 41.5 Å². The molecule has 3 nitrogen and oxygen atoms in total. The van der Waals surface area contributed by atoms with Gasteiger partial charge in [-0.25, -0.2) is 0 Å². The van der Waals surface area contributed by atoms with Gasteiger partial charge in [-0.05, 0) is 18.8 Å². The standard InChI is InChI=1S/C10H19NO2/c12-5-8-3-1-2-4-10(8)11-9-6-13-7-9/h8-12H,1-7H2. The van der Waals surface area contributed by atoms with Gasteiger partial charge in [-0.1, -0.05) is 12.8 Å². The quantitative estimate of drug-likeness (QED) is 0.674. The van der Waals surface area contributed by atoms with Crippen LogP contribution >= 0.6 is 0 Å². The van der Waals surface area contributed by atoms with Gasteiger partial charge in [0.1, 0.15) is 0 Å². The van der Waals surface area contributed by atoms with E-state index in [1.165, 1.54) is 25.7 Å². The maximum Gasteiger partial charge on any atom is 0.0643 e. The van der Waals surface area contributed by atoms with Crippen LogP contribution in [0.3, 0.4) is 0 Å². The third-order valence-corrected chi connectivity index (χ3v) is 3.23. The highest BCUT2D eigenvalue weighted by Crippen LogP contribution is 2.24. The Hall–Kier alpha value is -0.120. The summed E-state index contributed by atoms with van der Waals surface area (Å²) >= 11 is 0. The number of aliphatic hydroxyl groups excluding tert-OH is 1. The highest BCUT2D eigenvalue weighted by molar-refractivity contribution is 4.85. The average Bonchev–Trinajstić information content (AvgIpc) is 2.12. The number of hydrogen-bond acceptors (Lipinski definition) is 3. The Morgan fingerprint density at radius 2 is 2.00 bits per heavy atom. The predicted molar refractivity (Wildman–Crippen MR) is 50.6 cm³/mol. The Morgan fingerprint density at radius 1 is 1.23 bits per heavy atom. The summed E-state index contributed by atoms with van der Waals surface area (Å²) in [6.07, 6.45) is 5.00. The van der Waals surface area contributed by atoms with Gasteiger partial charge in [-0.3, -0.25) is 0 Å². The molecule has 0 aromatic heterocycles. The van der Waals surface area contributed by atoms with Gasteiger partial charge in [0, 0.05) is 12.6 Å². The highest BCUT2D eigenvalue weighted by atomic mass is 16.5. The molecule has 2 aliphatic rings. The highest BCUT2D eigenvalue weighted by Gasteiger charge is 2.28. The first-order valence-corrected chi connectivity index (χ1v) is 5.35. The molecular formula is C10H19NO2. The van der Waals surface area contributed by atoms with Crippen molar-refractivity contribution in [3.63, 3.8) is 0 Å². The molecule has 0 spiro atoms. The van der Waals surface area contributed by atoms with Gasteiger partial charge in [-0.15, -0.1) is 0 Å². The minimum atomic E-state index is 0.339. The van der Waals surface area contributed by atoms with Crippen LogP contribution in [0.1, 0.15) is 25.7 Å². The summed E-state index contributed by atoms with van der Waals surface area (Å²) in [5.74, 6) is 0.481. The fraction of sp³-hybridized carbons (Fsp3) is 1.00. The van der Waals surface area contributed by atoms with E-state index in [1.54, 1.807) is 0 Å². The van der Waals surface area contributed by atoms with Gasteiger partial charge in [-0.2, -0.15) is 0 Å². The van der Waals surface area contributed by atoms with Crippen molar-refractivity contribution >= 4 is 0 Å². The summed E-state index contributed by atoms with van der Waals surface area (Å²) in [6, 6.07) is 1.09. The van der Waals surface area contributed by atoms with Crippen LogP contribution in [0.4, 0.5) is 0 Å². The summed E-state index contributed by atoms with van der Waals surface area (Å²) in [5.41, 5.74) is 0. The van der Waals surface area contributed by atoms with E-state index in [-0.39, 0.29) is 0 Å². The molecule has 2 fully saturated rings. The number of hydrogen-bond donors (Lipinski definition) is 2. The van der Waals surface area contributed by atoms with Crippen LogP contribution in [-0.2, 0) is 4.74 Å². The molecule has 0 bridgehead atoms. The zero-order valence-electron chi connectivity index (χ0n) is 8.04. The molecule has 1 heterocycles. The number of nitrogens with one attached hydrogen (secondary N) is 1. The van der Waals surface area contributed by atoms with Crippen molar-refractivity contribution in [1.82, 2.24) is 5.32 Å².